The number of methoxy groups -OCH3 is 2. The van der Waals surface area contributed by atoms with E-state index in [1.165, 1.54) is 6.08 Å². The summed E-state index contributed by atoms with van der Waals surface area (Å²) >= 11 is 0. The number of esters is 1. The number of cyclic esters (lactones) is 1. The molecule has 1 atom stereocenters. The van der Waals surface area contributed by atoms with Gasteiger partial charge in [-0.15, -0.1) is 0 Å². The third-order valence-corrected chi connectivity index (χ3v) is 2.80. The summed E-state index contributed by atoms with van der Waals surface area (Å²) in [6, 6.07) is 5.62. The van der Waals surface area contributed by atoms with Crippen LogP contribution in [0, 0.1) is 0 Å². The highest BCUT2D eigenvalue weighted by molar-refractivity contribution is 5.83. The van der Waals surface area contributed by atoms with E-state index in [4.69, 9.17) is 14.2 Å². The molecular formula is C15H16O4. The second-order valence-electron chi connectivity index (χ2n) is 4.09. The summed E-state index contributed by atoms with van der Waals surface area (Å²) in [4.78, 5) is 11.1. The van der Waals surface area contributed by atoms with Gasteiger partial charge in [-0.05, 0) is 23.8 Å². The molecule has 0 bridgehead atoms. The standard InChI is InChI=1S/C15H16O4/c1-17-13-9-7-11(10-14(13)18-2)6-8-12-4-3-5-15(16)19-12/h3,5-10,12H,4H2,1-2H3/b8-6+. The molecule has 0 N–H and O–H groups in total. The summed E-state index contributed by atoms with van der Waals surface area (Å²) < 4.78 is 15.5. The van der Waals surface area contributed by atoms with E-state index in [1.54, 1.807) is 14.2 Å². The molecule has 2 rings (SSSR count). The van der Waals surface area contributed by atoms with E-state index in [-0.39, 0.29) is 12.1 Å². The molecule has 0 fully saturated rings. The molecule has 0 aromatic heterocycles. The minimum atomic E-state index is -0.298. The van der Waals surface area contributed by atoms with Gasteiger partial charge in [-0.25, -0.2) is 4.79 Å². The lowest BCUT2D eigenvalue weighted by Crippen LogP contribution is -2.17. The molecule has 0 saturated heterocycles. The number of ether oxygens (including phenoxy) is 3. The van der Waals surface area contributed by atoms with E-state index in [0.717, 1.165) is 5.56 Å². The highest BCUT2D eigenvalue weighted by atomic mass is 16.5. The smallest absolute Gasteiger partial charge is 0.331 e. The third-order valence-electron chi connectivity index (χ3n) is 2.80. The van der Waals surface area contributed by atoms with Crippen molar-refractivity contribution >= 4 is 12.0 Å². The lowest BCUT2D eigenvalue weighted by molar-refractivity contribution is -0.141. The first kappa shape index (κ1) is 13.2. The molecule has 0 aliphatic carbocycles. The van der Waals surface area contributed by atoms with Gasteiger partial charge in [0.05, 0.1) is 14.2 Å². The minimum absolute atomic E-state index is 0.203. The average Bonchev–Trinajstić information content (AvgIpc) is 2.45. The van der Waals surface area contributed by atoms with Gasteiger partial charge in [0.25, 0.3) is 0 Å². The van der Waals surface area contributed by atoms with E-state index in [0.29, 0.717) is 17.9 Å². The van der Waals surface area contributed by atoms with Gasteiger partial charge < -0.3 is 14.2 Å². The van der Waals surface area contributed by atoms with Crippen molar-refractivity contribution in [2.45, 2.75) is 12.5 Å². The molecule has 1 unspecified atom stereocenters. The Labute approximate surface area is 112 Å². The molecule has 19 heavy (non-hydrogen) atoms. The number of hydrogen-bond acceptors (Lipinski definition) is 4. The van der Waals surface area contributed by atoms with Crippen molar-refractivity contribution in [2.75, 3.05) is 14.2 Å². The average molecular weight is 260 g/mol. The van der Waals surface area contributed by atoms with Crippen LogP contribution >= 0.6 is 0 Å². The third kappa shape index (κ3) is 3.37. The van der Waals surface area contributed by atoms with Gasteiger partial charge in [0, 0.05) is 12.5 Å². The van der Waals surface area contributed by atoms with Crippen molar-refractivity contribution in [1.29, 1.82) is 0 Å². The van der Waals surface area contributed by atoms with Gasteiger partial charge in [-0.1, -0.05) is 18.2 Å². The Morgan fingerprint density at radius 2 is 2.05 bits per heavy atom. The van der Waals surface area contributed by atoms with Gasteiger partial charge in [-0.2, -0.15) is 0 Å². The summed E-state index contributed by atoms with van der Waals surface area (Å²) in [5, 5.41) is 0. The zero-order valence-electron chi connectivity index (χ0n) is 11.0. The molecule has 4 nitrogen and oxygen atoms in total. The molecule has 0 saturated carbocycles. The molecule has 100 valence electrons. The van der Waals surface area contributed by atoms with Crippen LogP contribution < -0.4 is 9.47 Å². The number of rotatable bonds is 4. The van der Waals surface area contributed by atoms with Crippen LogP contribution in [0.4, 0.5) is 0 Å². The predicted octanol–water partition coefficient (Wildman–Crippen LogP) is 2.59. The quantitative estimate of drug-likeness (QED) is 0.780. The SMILES string of the molecule is COc1ccc(/C=C/C2CC=CC(=O)O2)cc1OC. The van der Waals surface area contributed by atoms with Crippen LogP contribution in [0.15, 0.2) is 36.4 Å². The van der Waals surface area contributed by atoms with Crippen LogP contribution in [0.3, 0.4) is 0 Å². The topological polar surface area (TPSA) is 44.8 Å². The number of carbonyl (C=O) groups excluding carboxylic acids is 1. The lowest BCUT2D eigenvalue weighted by atomic mass is 10.1. The summed E-state index contributed by atoms with van der Waals surface area (Å²) in [5.74, 6) is 1.06. The Bertz CT molecular complexity index is 517. The highest BCUT2D eigenvalue weighted by Gasteiger charge is 2.12. The first-order valence-corrected chi connectivity index (χ1v) is 6.00. The zero-order chi connectivity index (χ0) is 13.7. The molecule has 1 heterocycles. The molecule has 1 aromatic rings. The van der Waals surface area contributed by atoms with Crippen molar-refractivity contribution < 1.29 is 19.0 Å². The van der Waals surface area contributed by atoms with Crippen molar-refractivity contribution in [3.63, 3.8) is 0 Å². The Morgan fingerprint density at radius 1 is 1.26 bits per heavy atom. The molecule has 1 aliphatic heterocycles. The van der Waals surface area contributed by atoms with Crippen LogP contribution in [0.5, 0.6) is 11.5 Å². The first-order valence-electron chi connectivity index (χ1n) is 6.00. The maximum Gasteiger partial charge on any atom is 0.331 e. The van der Waals surface area contributed by atoms with Crippen molar-refractivity contribution in [3.05, 3.63) is 42.0 Å². The highest BCUT2D eigenvalue weighted by Crippen LogP contribution is 2.28. The van der Waals surface area contributed by atoms with Gasteiger partial charge in [0.2, 0.25) is 0 Å². The number of hydrogen-bond donors (Lipinski definition) is 0. The molecule has 0 spiro atoms. The Balaban J connectivity index is 2.10. The Morgan fingerprint density at radius 3 is 2.74 bits per heavy atom. The van der Waals surface area contributed by atoms with Crippen LogP contribution in [-0.4, -0.2) is 26.3 Å². The van der Waals surface area contributed by atoms with Crippen LogP contribution in [0.2, 0.25) is 0 Å². The molecule has 0 radical (unpaired) electrons. The maximum atomic E-state index is 11.1. The largest absolute Gasteiger partial charge is 0.493 e. The summed E-state index contributed by atoms with van der Waals surface area (Å²) in [7, 11) is 3.19. The van der Waals surface area contributed by atoms with E-state index in [2.05, 4.69) is 0 Å². The second kappa shape index (κ2) is 6.09. The normalized spacial score (nSPS) is 18.4. The fourth-order valence-electron chi connectivity index (χ4n) is 1.83. The molecule has 0 amide bonds. The molecule has 4 heteroatoms. The number of benzene rings is 1. The van der Waals surface area contributed by atoms with Crippen molar-refractivity contribution in [3.8, 4) is 11.5 Å². The van der Waals surface area contributed by atoms with E-state index in [1.807, 2.05) is 36.4 Å². The van der Waals surface area contributed by atoms with Gasteiger partial charge >= 0.3 is 5.97 Å². The van der Waals surface area contributed by atoms with Crippen molar-refractivity contribution in [1.82, 2.24) is 0 Å². The van der Waals surface area contributed by atoms with Crippen LogP contribution in [0.25, 0.3) is 6.08 Å². The van der Waals surface area contributed by atoms with Gasteiger partial charge in [0.15, 0.2) is 11.5 Å². The van der Waals surface area contributed by atoms with Crippen LogP contribution in [-0.2, 0) is 9.53 Å². The summed E-state index contributed by atoms with van der Waals surface area (Å²) in [5.41, 5.74) is 0.961. The Kier molecular flexibility index (Phi) is 4.23. The fraction of sp³-hybridized carbons (Fsp3) is 0.267. The molecule has 1 aromatic carbocycles. The lowest BCUT2D eigenvalue weighted by Gasteiger charge is -2.14. The van der Waals surface area contributed by atoms with E-state index >= 15 is 0 Å². The van der Waals surface area contributed by atoms with Crippen LogP contribution in [0.1, 0.15) is 12.0 Å². The fourth-order valence-corrected chi connectivity index (χ4v) is 1.83. The molecular weight excluding hydrogens is 244 g/mol. The van der Waals surface area contributed by atoms with Gasteiger partial charge in [0.1, 0.15) is 6.10 Å². The monoisotopic (exact) mass is 260 g/mol. The van der Waals surface area contributed by atoms with E-state index < -0.39 is 0 Å². The molecule has 1 aliphatic rings. The predicted molar refractivity (Wildman–Crippen MR) is 72.2 cm³/mol. The number of carbonyl (C=O) groups is 1. The van der Waals surface area contributed by atoms with Gasteiger partial charge in [-0.3, -0.25) is 0 Å². The van der Waals surface area contributed by atoms with E-state index in [9.17, 15) is 4.79 Å². The first-order chi connectivity index (χ1) is 9.22. The van der Waals surface area contributed by atoms with Crippen molar-refractivity contribution in [2.24, 2.45) is 0 Å². The maximum absolute atomic E-state index is 11.1. The Hall–Kier alpha value is -2.23. The summed E-state index contributed by atoms with van der Waals surface area (Å²) in [6.45, 7) is 0. The minimum Gasteiger partial charge on any atom is -0.493 e. The second-order valence-corrected chi connectivity index (χ2v) is 4.09. The summed E-state index contributed by atoms with van der Waals surface area (Å²) in [6.07, 6.45) is 7.53. The zero-order valence-corrected chi connectivity index (χ0v) is 11.0.